The van der Waals surface area contributed by atoms with E-state index in [0.29, 0.717) is 11.8 Å². The molecular weight excluding hydrogens is 248 g/mol. The van der Waals surface area contributed by atoms with Gasteiger partial charge in [0.1, 0.15) is 5.75 Å². The zero-order valence-electron chi connectivity index (χ0n) is 10.4. The van der Waals surface area contributed by atoms with Crippen LogP contribution in [0, 0.1) is 0 Å². The first-order chi connectivity index (χ1) is 8.78. The fourth-order valence-electron chi connectivity index (χ4n) is 1.87. The number of carbonyl (C=O) groups excluding carboxylic acids is 1. The third-order valence-electron chi connectivity index (χ3n) is 2.85. The molecule has 0 spiro atoms. The molecular formula is C13H18N2O2S. The Hall–Kier alpha value is -1.20. The van der Waals surface area contributed by atoms with Gasteiger partial charge in [-0.25, -0.2) is 0 Å². The highest BCUT2D eigenvalue weighted by Gasteiger charge is 2.16. The summed E-state index contributed by atoms with van der Waals surface area (Å²) in [6.45, 7) is 1.88. The van der Waals surface area contributed by atoms with Gasteiger partial charge in [-0.05, 0) is 37.2 Å². The van der Waals surface area contributed by atoms with Gasteiger partial charge in [0.2, 0.25) is 5.91 Å². The minimum absolute atomic E-state index is 0.101. The van der Waals surface area contributed by atoms with Crippen LogP contribution in [0.15, 0.2) is 29.2 Å². The number of methoxy groups -OCH3 is 1. The molecule has 0 aliphatic carbocycles. The predicted octanol–water partition coefficient (Wildman–Crippen LogP) is 1.27. The molecule has 0 radical (unpaired) electrons. The van der Waals surface area contributed by atoms with Crippen LogP contribution in [0.5, 0.6) is 5.75 Å². The Morgan fingerprint density at radius 3 is 2.89 bits per heavy atom. The van der Waals surface area contributed by atoms with Crippen LogP contribution in [0.2, 0.25) is 0 Å². The SMILES string of the molecule is COc1ccc(SCC(=O)NC2CCNC2)cc1. The lowest BCUT2D eigenvalue weighted by atomic mass is 10.3. The summed E-state index contributed by atoms with van der Waals surface area (Å²) in [6, 6.07) is 8.04. The van der Waals surface area contributed by atoms with Gasteiger partial charge in [0.15, 0.2) is 0 Å². The number of rotatable bonds is 5. The van der Waals surface area contributed by atoms with Crippen LogP contribution in [-0.2, 0) is 4.79 Å². The van der Waals surface area contributed by atoms with Crippen LogP contribution in [0.3, 0.4) is 0 Å². The van der Waals surface area contributed by atoms with Gasteiger partial charge >= 0.3 is 0 Å². The van der Waals surface area contributed by atoms with Crippen molar-refractivity contribution in [1.29, 1.82) is 0 Å². The van der Waals surface area contributed by atoms with Crippen molar-refractivity contribution < 1.29 is 9.53 Å². The number of benzene rings is 1. The van der Waals surface area contributed by atoms with Crippen molar-refractivity contribution in [3.8, 4) is 5.75 Å². The van der Waals surface area contributed by atoms with E-state index in [1.807, 2.05) is 24.3 Å². The molecule has 1 aromatic rings. The highest BCUT2D eigenvalue weighted by atomic mass is 32.2. The maximum absolute atomic E-state index is 11.7. The molecule has 1 fully saturated rings. The van der Waals surface area contributed by atoms with E-state index in [1.54, 1.807) is 18.9 Å². The Balaban J connectivity index is 1.74. The van der Waals surface area contributed by atoms with E-state index in [4.69, 9.17) is 4.74 Å². The molecule has 5 heteroatoms. The fraction of sp³-hybridized carbons (Fsp3) is 0.462. The van der Waals surface area contributed by atoms with Crippen LogP contribution in [0.1, 0.15) is 6.42 Å². The van der Waals surface area contributed by atoms with Gasteiger partial charge in [-0.15, -0.1) is 11.8 Å². The molecule has 18 heavy (non-hydrogen) atoms. The standard InChI is InChI=1S/C13H18N2O2S/c1-17-11-2-4-12(5-3-11)18-9-13(16)15-10-6-7-14-8-10/h2-5,10,14H,6-9H2,1H3,(H,15,16). The molecule has 2 rings (SSSR count). The highest BCUT2D eigenvalue weighted by Crippen LogP contribution is 2.20. The second-order valence-corrected chi connectivity index (χ2v) is 5.27. The first kappa shape index (κ1) is 13.2. The Labute approximate surface area is 111 Å². The maximum Gasteiger partial charge on any atom is 0.230 e. The van der Waals surface area contributed by atoms with Crippen LogP contribution < -0.4 is 15.4 Å². The Bertz CT molecular complexity index is 388. The van der Waals surface area contributed by atoms with Crippen molar-refractivity contribution >= 4 is 17.7 Å². The topological polar surface area (TPSA) is 50.4 Å². The maximum atomic E-state index is 11.7. The molecule has 1 amide bonds. The van der Waals surface area contributed by atoms with Crippen molar-refractivity contribution in [1.82, 2.24) is 10.6 Å². The van der Waals surface area contributed by atoms with Crippen LogP contribution in [-0.4, -0.2) is 37.9 Å². The van der Waals surface area contributed by atoms with E-state index < -0.39 is 0 Å². The molecule has 1 aromatic carbocycles. The number of ether oxygens (including phenoxy) is 1. The summed E-state index contributed by atoms with van der Waals surface area (Å²) in [5.74, 6) is 1.40. The number of hydrogen-bond donors (Lipinski definition) is 2. The number of carbonyl (C=O) groups is 1. The molecule has 0 aromatic heterocycles. The molecule has 4 nitrogen and oxygen atoms in total. The van der Waals surface area contributed by atoms with Crippen molar-refractivity contribution in [3.63, 3.8) is 0 Å². The van der Waals surface area contributed by atoms with E-state index in [-0.39, 0.29) is 5.91 Å². The Kier molecular flexibility index (Phi) is 4.90. The quantitative estimate of drug-likeness (QED) is 0.788. The van der Waals surface area contributed by atoms with E-state index in [2.05, 4.69) is 10.6 Å². The van der Waals surface area contributed by atoms with E-state index >= 15 is 0 Å². The number of thioether (sulfide) groups is 1. The summed E-state index contributed by atoms with van der Waals surface area (Å²) in [7, 11) is 1.64. The first-order valence-electron chi connectivity index (χ1n) is 6.05. The minimum Gasteiger partial charge on any atom is -0.497 e. The van der Waals surface area contributed by atoms with Gasteiger partial charge in [0, 0.05) is 17.5 Å². The summed E-state index contributed by atoms with van der Waals surface area (Å²) in [4.78, 5) is 12.8. The van der Waals surface area contributed by atoms with Gasteiger partial charge in [-0.1, -0.05) is 0 Å². The number of nitrogens with one attached hydrogen (secondary N) is 2. The molecule has 98 valence electrons. The highest BCUT2D eigenvalue weighted by molar-refractivity contribution is 8.00. The lowest BCUT2D eigenvalue weighted by Crippen LogP contribution is -2.37. The molecule has 1 aliphatic rings. The normalized spacial score (nSPS) is 18.6. The summed E-state index contributed by atoms with van der Waals surface area (Å²) >= 11 is 1.54. The van der Waals surface area contributed by atoms with Crippen molar-refractivity contribution in [2.24, 2.45) is 0 Å². The monoisotopic (exact) mass is 266 g/mol. The molecule has 1 aliphatic heterocycles. The Morgan fingerprint density at radius 1 is 1.50 bits per heavy atom. The minimum atomic E-state index is 0.101. The summed E-state index contributed by atoms with van der Waals surface area (Å²) in [5.41, 5.74) is 0. The zero-order valence-corrected chi connectivity index (χ0v) is 11.3. The molecule has 1 heterocycles. The predicted molar refractivity (Wildman–Crippen MR) is 73.1 cm³/mol. The van der Waals surface area contributed by atoms with Gasteiger partial charge in [0.25, 0.3) is 0 Å². The average Bonchev–Trinajstić information content (AvgIpc) is 2.90. The molecule has 1 atom stereocenters. The summed E-state index contributed by atoms with van der Waals surface area (Å²) in [6.07, 6.45) is 1.03. The first-order valence-corrected chi connectivity index (χ1v) is 7.03. The van der Waals surface area contributed by atoms with Gasteiger partial charge in [-0.3, -0.25) is 4.79 Å². The molecule has 2 N–H and O–H groups in total. The van der Waals surface area contributed by atoms with E-state index in [0.717, 1.165) is 30.2 Å². The summed E-state index contributed by atoms with van der Waals surface area (Å²) < 4.78 is 5.09. The largest absolute Gasteiger partial charge is 0.497 e. The molecule has 1 saturated heterocycles. The van der Waals surface area contributed by atoms with Gasteiger partial charge in [0.05, 0.1) is 12.9 Å². The van der Waals surface area contributed by atoms with Gasteiger partial charge < -0.3 is 15.4 Å². The second kappa shape index (κ2) is 6.66. The van der Waals surface area contributed by atoms with Gasteiger partial charge in [-0.2, -0.15) is 0 Å². The average molecular weight is 266 g/mol. The van der Waals surface area contributed by atoms with Crippen LogP contribution in [0.25, 0.3) is 0 Å². The lowest BCUT2D eigenvalue weighted by Gasteiger charge is -2.10. The van der Waals surface area contributed by atoms with Crippen molar-refractivity contribution in [3.05, 3.63) is 24.3 Å². The molecule has 0 saturated carbocycles. The molecule has 1 unspecified atom stereocenters. The Morgan fingerprint density at radius 2 is 2.28 bits per heavy atom. The smallest absolute Gasteiger partial charge is 0.230 e. The van der Waals surface area contributed by atoms with E-state index in [1.165, 1.54) is 0 Å². The van der Waals surface area contributed by atoms with E-state index in [9.17, 15) is 4.79 Å². The second-order valence-electron chi connectivity index (χ2n) is 4.22. The zero-order chi connectivity index (χ0) is 12.8. The van der Waals surface area contributed by atoms with Crippen molar-refractivity contribution in [2.75, 3.05) is 26.0 Å². The number of hydrogen-bond acceptors (Lipinski definition) is 4. The molecule has 0 bridgehead atoms. The van der Waals surface area contributed by atoms with Crippen LogP contribution >= 0.6 is 11.8 Å². The van der Waals surface area contributed by atoms with Crippen LogP contribution in [0.4, 0.5) is 0 Å². The lowest BCUT2D eigenvalue weighted by molar-refractivity contribution is -0.119. The fourth-order valence-corrected chi connectivity index (χ4v) is 2.58. The number of amides is 1. The third kappa shape index (κ3) is 3.92. The van der Waals surface area contributed by atoms with Crippen molar-refractivity contribution in [2.45, 2.75) is 17.4 Å². The third-order valence-corrected chi connectivity index (χ3v) is 3.87. The summed E-state index contributed by atoms with van der Waals surface area (Å²) in [5, 5.41) is 6.25.